The second-order valence-electron chi connectivity index (χ2n) is 4.20. The van der Waals surface area contributed by atoms with Crippen molar-refractivity contribution < 1.29 is 12.8 Å². The highest BCUT2D eigenvalue weighted by atomic mass is 32.2. The van der Waals surface area contributed by atoms with Crippen LogP contribution in [-0.2, 0) is 23.1 Å². The summed E-state index contributed by atoms with van der Waals surface area (Å²) in [7, 11) is -3.63. The van der Waals surface area contributed by atoms with Crippen LogP contribution in [0.1, 0.15) is 24.8 Å². The summed E-state index contributed by atoms with van der Waals surface area (Å²) in [6, 6.07) is 3.13. The Kier molecular flexibility index (Phi) is 5.30. The number of nitrogens with zero attached hydrogens (tertiary/aromatic N) is 1. The van der Waals surface area contributed by atoms with Crippen molar-refractivity contribution in [3.63, 3.8) is 0 Å². The predicted octanol–water partition coefficient (Wildman–Crippen LogP) is 1.71. The van der Waals surface area contributed by atoms with Crippen molar-refractivity contribution in [2.24, 2.45) is 0 Å². The third kappa shape index (κ3) is 4.14. The summed E-state index contributed by atoms with van der Waals surface area (Å²) in [5.41, 5.74) is 2.35. The van der Waals surface area contributed by atoms with Crippen molar-refractivity contribution in [3.05, 3.63) is 34.5 Å². The third-order valence-electron chi connectivity index (χ3n) is 2.55. The first-order valence-corrected chi connectivity index (χ1v) is 8.70. The van der Waals surface area contributed by atoms with Gasteiger partial charge in [0.15, 0.2) is 0 Å². The standard InChI is InChI=1S/C12H17N3O3S2/c1-2-5-13-7-11-3-4-12(18-11)20(16,17)15-6-10-8-19-9-14-10/h3-4,8-9,13,15H,2,5-7H2,1H3. The van der Waals surface area contributed by atoms with Gasteiger partial charge in [0, 0.05) is 5.38 Å². The lowest BCUT2D eigenvalue weighted by Crippen LogP contribution is -2.23. The van der Waals surface area contributed by atoms with Crippen molar-refractivity contribution >= 4 is 21.4 Å². The van der Waals surface area contributed by atoms with E-state index in [9.17, 15) is 8.42 Å². The fraction of sp³-hybridized carbons (Fsp3) is 0.417. The lowest BCUT2D eigenvalue weighted by Gasteiger charge is -2.02. The molecule has 0 unspecified atom stereocenters. The summed E-state index contributed by atoms with van der Waals surface area (Å²) in [4.78, 5) is 4.02. The molecule has 0 aliphatic heterocycles. The van der Waals surface area contributed by atoms with E-state index in [-0.39, 0.29) is 11.6 Å². The van der Waals surface area contributed by atoms with Crippen LogP contribution in [-0.4, -0.2) is 19.9 Å². The summed E-state index contributed by atoms with van der Waals surface area (Å²) < 4.78 is 31.8. The molecule has 2 N–H and O–H groups in total. The third-order valence-corrected chi connectivity index (χ3v) is 4.46. The van der Waals surface area contributed by atoms with Gasteiger partial charge in [-0.1, -0.05) is 6.92 Å². The highest BCUT2D eigenvalue weighted by molar-refractivity contribution is 7.89. The van der Waals surface area contributed by atoms with Crippen LogP contribution < -0.4 is 10.0 Å². The van der Waals surface area contributed by atoms with Crippen LogP contribution in [0.2, 0.25) is 0 Å². The number of nitrogens with one attached hydrogen (secondary N) is 2. The van der Waals surface area contributed by atoms with Gasteiger partial charge in [-0.25, -0.2) is 18.1 Å². The molecule has 0 amide bonds. The first-order valence-electron chi connectivity index (χ1n) is 6.28. The molecule has 110 valence electrons. The summed E-state index contributed by atoms with van der Waals surface area (Å²) >= 11 is 1.42. The van der Waals surface area contributed by atoms with Gasteiger partial charge >= 0.3 is 0 Å². The SMILES string of the molecule is CCCNCc1ccc(S(=O)(=O)NCc2cscn2)o1. The van der Waals surface area contributed by atoms with Gasteiger partial charge in [-0.05, 0) is 25.1 Å². The Balaban J connectivity index is 1.95. The van der Waals surface area contributed by atoms with E-state index in [1.807, 2.05) is 0 Å². The van der Waals surface area contributed by atoms with Gasteiger partial charge in [0.1, 0.15) is 5.76 Å². The predicted molar refractivity (Wildman–Crippen MR) is 76.8 cm³/mol. The lowest BCUT2D eigenvalue weighted by molar-refractivity contribution is 0.400. The molecule has 2 aromatic heterocycles. The van der Waals surface area contributed by atoms with Crippen molar-refractivity contribution in [2.45, 2.75) is 31.5 Å². The van der Waals surface area contributed by atoms with Crippen LogP contribution in [0.5, 0.6) is 0 Å². The molecule has 0 aromatic carbocycles. The van der Waals surface area contributed by atoms with Crippen LogP contribution in [0.4, 0.5) is 0 Å². The molecule has 2 rings (SSSR count). The Morgan fingerprint density at radius 2 is 2.20 bits per heavy atom. The smallest absolute Gasteiger partial charge is 0.274 e. The molecule has 0 atom stereocenters. The van der Waals surface area contributed by atoms with Gasteiger partial charge in [0.2, 0.25) is 5.09 Å². The van der Waals surface area contributed by atoms with E-state index >= 15 is 0 Å². The number of rotatable bonds is 8. The molecule has 0 radical (unpaired) electrons. The second-order valence-corrected chi connectivity index (χ2v) is 6.62. The summed E-state index contributed by atoms with van der Waals surface area (Å²) in [6.45, 7) is 3.61. The molecule has 0 aliphatic rings. The van der Waals surface area contributed by atoms with E-state index < -0.39 is 10.0 Å². The molecular weight excluding hydrogens is 298 g/mol. The van der Waals surface area contributed by atoms with Crippen LogP contribution in [0.3, 0.4) is 0 Å². The second kappa shape index (κ2) is 6.98. The normalized spacial score (nSPS) is 11.8. The maximum absolute atomic E-state index is 12.0. The van der Waals surface area contributed by atoms with Crippen LogP contribution in [0, 0.1) is 0 Å². The molecule has 6 nitrogen and oxygen atoms in total. The Labute approximate surface area is 122 Å². The summed E-state index contributed by atoms with van der Waals surface area (Å²) in [6.07, 6.45) is 1.01. The first kappa shape index (κ1) is 15.2. The van der Waals surface area contributed by atoms with E-state index in [0.717, 1.165) is 13.0 Å². The van der Waals surface area contributed by atoms with Gasteiger partial charge < -0.3 is 9.73 Å². The average Bonchev–Trinajstić information content (AvgIpc) is 3.08. The zero-order valence-corrected chi connectivity index (χ0v) is 12.8. The molecule has 8 heteroatoms. The van der Waals surface area contributed by atoms with E-state index in [0.29, 0.717) is 18.0 Å². The van der Waals surface area contributed by atoms with E-state index in [1.54, 1.807) is 17.0 Å². The van der Waals surface area contributed by atoms with Crippen LogP contribution >= 0.6 is 11.3 Å². The fourth-order valence-electron chi connectivity index (χ4n) is 1.55. The quantitative estimate of drug-likeness (QED) is 0.725. The molecule has 0 saturated heterocycles. The highest BCUT2D eigenvalue weighted by Crippen LogP contribution is 2.14. The molecule has 2 aromatic rings. The number of aromatic nitrogens is 1. The molecule has 0 aliphatic carbocycles. The lowest BCUT2D eigenvalue weighted by atomic mass is 10.4. The van der Waals surface area contributed by atoms with E-state index in [1.165, 1.54) is 17.4 Å². The summed E-state index contributed by atoms with van der Waals surface area (Å²) in [5.74, 6) is 0.604. The molecule has 0 saturated carbocycles. The minimum Gasteiger partial charge on any atom is -0.447 e. The number of thiazole rings is 1. The van der Waals surface area contributed by atoms with Gasteiger partial charge in [-0.3, -0.25) is 0 Å². The van der Waals surface area contributed by atoms with Crippen molar-refractivity contribution in [3.8, 4) is 0 Å². The monoisotopic (exact) mass is 315 g/mol. The molecular formula is C12H17N3O3S2. The maximum atomic E-state index is 12.0. The van der Waals surface area contributed by atoms with Crippen LogP contribution in [0.25, 0.3) is 0 Å². The summed E-state index contributed by atoms with van der Waals surface area (Å²) in [5, 5.41) is 4.88. The highest BCUT2D eigenvalue weighted by Gasteiger charge is 2.18. The zero-order chi connectivity index (χ0) is 14.4. The molecule has 2 heterocycles. The number of hydrogen-bond donors (Lipinski definition) is 2. The van der Waals surface area contributed by atoms with Gasteiger partial charge in [0.25, 0.3) is 10.0 Å². The number of sulfonamides is 1. The minimum atomic E-state index is -3.63. The van der Waals surface area contributed by atoms with E-state index in [2.05, 4.69) is 21.9 Å². The number of hydrogen-bond acceptors (Lipinski definition) is 6. The molecule has 0 spiro atoms. The Bertz CT molecular complexity index is 620. The van der Waals surface area contributed by atoms with Crippen LogP contribution in [0.15, 0.2) is 32.5 Å². The van der Waals surface area contributed by atoms with E-state index in [4.69, 9.17) is 4.42 Å². The Morgan fingerprint density at radius 3 is 2.90 bits per heavy atom. The molecule has 0 bridgehead atoms. The van der Waals surface area contributed by atoms with Gasteiger partial charge in [0.05, 0.1) is 24.3 Å². The van der Waals surface area contributed by atoms with Crippen molar-refractivity contribution in [2.75, 3.05) is 6.54 Å². The Morgan fingerprint density at radius 1 is 1.35 bits per heavy atom. The zero-order valence-electron chi connectivity index (χ0n) is 11.1. The largest absolute Gasteiger partial charge is 0.447 e. The maximum Gasteiger partial charge on any atom is 0.274 e. The van der Waals surface area contributed by atoms with Crippen molar-refractivity contribution in [1.29, 1.82) is 0 Å². The number of furan rings is 1. The average molecular weight is 315 g/mol. The van der Waals surface area contributed by atoms with Gasteiger partial charge in [-0.15, -0.1) is 11.3 Å². The first-order chi connectivity index (χ1) is 9.62. The molecule has 20 heavy (non-hydrogen) atoms. The minimum absolute atomic E-state index is 0.0685. The fourth-order valence-corrected chi connectivity index (χ4v) is 3.05. The topological polar surface area (TPSA) is 84.2 Å². The molecule has 0 fully saturated rings. The van der Waals surface area contributed by atoms with Gasteiger partial charge in [-0.2, -0.15) is 0 Å². The van der Waals surface area contributed by atoms with Crippen molar-refractivity contribution in [1.82, 2.24) is 15.0 Å². The Hall–Kier alpha value is -1.22.